The average molecular weight is 291 g/mol. The van der Waals surface area contributed by atoms with Crippen LogP contribution in [0.2, 0.25) is 0 Å². The molecule has 6 heteroatoms. The third kappa shape index (κ3) is 2.84. The first kappa shape index (κ1) is 14.9. The van der Waals surface area contributed by atoms with Crippen LogP contribution in [0.1, 0.15) is 24.2 Å². The summed E-state index contributed by atoms with van der Waals surface area (Å²) in [7, 11) is 1.50. The van der Waals surface area contributed by atoms with Gasteiger partial charge in [-0.15, -0.1) is 0 Å². The smallest absolute Gasteiger partial charge is 0.343 e. The number of aromatic amines is 1. The Kier molecular flexibility index (Phi) is 4.47. The number of H-pyrrole nitrogens is 1. The summed E-state index contributed by atoms with van der Waals surface area (Å²) in [6.45, 7) is 4.20. The predicted octanol–water partition coefficient (Wildman–Crippen LogP) is 2.11. The fourth-order valence-electron chi connectivity index (χ4n) is 2.04. The lowest BCUT2D eigenvalue weighted by Gasteiger charge is -2.10. The first-order chi connectivity index (χ1) is 10.1. The van der Waals surface area contributed by atoms with Crippen LogP contribution in [-0.2, 0) is 4.74 Å². The number of methoxy groups -OCH3 is 1. The van der Waals surface area contributed by atoms with E-state index in [4.69, 9.17) is 14.2 Å². The second-order valence-electron chi connectivity index (χ2n) is 4.23. The van der Waals surface area contributed by atoms with E-state index < -0.39 is 11.4 Å². The molecule has 0 aliphatic carbocycles. The summed E-state index contributed by atoms with van der Waals surface area (Å²) in [5.74, 6) is 0.332. The molecule has 6 nitrogen and oxygen atoms in total. The largest absolute Gasteiger partial charge is 0.494 e. The van der Waals surface area contributed by atoms with Gasteiger partial charge in [0.15, 0.2) is 0 Å². The Balaban J connectivity index is 2.67. The molecule has 0 aliphatic rings. The summed E-state index contributed by atoms with van der Waals surface area (Å²) < 4.78 is 15.5. The van der Waals surface area contributed by atoms with Crippen molar-refractivity contribution in [3.8, 4) is 11.5 Å². The van der Waals surface area contributed by atoms with E-state index in [2.05, 4.69) is 4.98 Å². The molecular formula is C15H17NO5. The summed E-state index contributed by atoms with van der Waals surface area (Å²) in [5, 5.41) is 0.323. The molecule has 112 valence electrons. The Morgan fingerprint density at radius 1 is 1.24 bits per heavy atom. The van der Waals surface area contributed by atoms with Crippen LogP contribution in [0.5, 0.6) is 11.5 Å². The number of fused-ring (bicyclic) bond motifs is 1. The van der Waals surface area contributed by atoms with Crippen LogP contribution in [-0.4, -0.2) is 31.3 Å². The van der Waals surface area contributed by atoms with Crippen molar-refractivity contribution >= 4 is 16.9 Å². The van der Waals surface area contributed by atoms with E-state index in [9.17, 15) is 9.59 Å². The van der Waals surface area contributed by atoms with Crippen molar-refractivity contribution in [2.75, 3.05) is 20.3 Å². The first-order valence-electron chi connectivity index (χ1n) is 6.65. The fourth-order valence-corrected chi connectivity index (χ4v) is 2.04. The molecule has 1 aromatic carbocycles. The molecule has 0 unspecified atom stereocenters. The third-order valence-electron chi connectivity index (χ3n) is 2.95. The van der Waals surface area contributed by atoms with Crippen molar-refractivity contribution in [2.45, 2.75) is 13.8 Å². The van der Waals surface area contributed by atoms with Gasteiger partial charge in [-0.05, 0) is 19.9 Å². The molecule has 0 saturated carbocycles. The van der Waals surface area contributed by atoms with Crippen molar-refractivity contribution in [2.24, 2.45) is 0 Å². The first-order valence-corrected chi connectivity index (χ1v) is 6.65. The minimum atomic E-state index is -0.651. The number of carbonyl (C=O) groups is 1. The van der Waals surface area contributed by atoms with Crippen LogP contribution in [0, 0.1) is 0 Å². The quantitative estimate of drug-likeness (QED) is 0.854. The second-order valence-corrected chi connectivity index (χ2v) is 4.23. The number of ether oxygens (including phenoxy) is 3. The number of aromatic nitrogens is 1. The van der Waals surface area contributed by atoms with E-state index in [1.807, 2.05) is 6.92 Å². The molecule has 2 aromatic rings. The van der Waals surface area contributed by atoms with Crippen molar-refractivity contribution in [3.05, 3.63) is 34.1 Å². The van der Waals surface area contributed by atoms with Gasteiger partial charge < -0.3 is 19.2 Å². The second kappa shape index (κ2) is 6.30. The monoisotopic (exact) mass is 291 g/mol. The highest BCUT2D eigenvalue weighted by molar-refractivity contribution is 5.95. The van der Waals surface area contributed by atoms with Gasteiger partial charge in [-0.3, -0.25) is 4.79 Å². The summed E-state index contributed by atoms with van der Waals surface area (Å²) in [6.07, 6.45) is 1.34. The van der Waals surface area contributed by atoms with E-state index in [0.717, 1.165) is 0 Å². The SMILES string of the molecule is CCOC(=O)c1c[nH]c2c(OC)cc(OCC)cc2c1=O. The predicted molar refractivity (Wildman–Crippen MR) is 78.2 cm³/mol. The highest BCUT2D eigenvalue weighted by Crippen LogP contribution is 2.28. The van der Waals surface area contributed by atoms with E-state index in [1.54, 1.807) is 19.1 Å². The molecule has 0 spiro atoms. The van der Waals surface area contributed by atoms with Crippen LogP contribution in [0.15, 0.2) is 23.1 Å². The van der Waals surface area contributed by atoms with Gasteiger partial charge in [0.25, 0.3) is 0 Å². The zero-order valence-corrected chi connectivity index (χ0v) is 12.2. The number of carbonyl (C=O) groups excluding carboxylic acids is 1. The van der Waals surface area contributed by atoms with Gasteiger partial charge in [-0.25, -0.2) is 4.79 Å². The summed E-state index contributed by atoms with van der Waals surface area (Å²) in [4.78, 5) is 27.1. The highest BCUT2D eigenvalue weighted by atomic mass is 16.5. The van der Waals surface area contributed by atoms with Gasteiger partial charge in [-0.2, -0.15) is 0 Å². The number of hydrogen-bond acceptors (Lipinski definition) is 5. The molecule has 1 aromatic heterocycles. The average Bonchev–Trinajstić information content (AvgIpc) is 2.48. The Morgan fingerprint density at radius 3 is 2.62 bits per heavy atom. The molecule has 0 radical (unpaired) electrons. The normalized spacial score (nSPS) is 10.4. The number of pyridine rings is 1. The van der Waals surface area contributed by atoms with Crippen molar-refractivity contribution in [1.82, 2.24) is 4.98 Å². The lowest BCUT2D eigenvalue weighted by atomic mass is 10.1. The van der Waals surface area contributed by atoms with Crippen LogP contribution in [0.4, 0.5) is 0 Å². The van der Waals surface area contributed by atoms with Crippen molar-refractivity contribution < 1.29 is 19.0 Å². The number of esters is 1. The lowest BCUT2D eigenvalue weighted by Crippen LogP contribution is -2.18. The molecule has 1 heterocycles. The molecular weight excluding hydrogens is 274 g/mol. The van der Waals surface area contributed by atoms with E-state index in [1.165, 1.54) is 13.3 Å². The van der Waals surface area contributed by atoms with E-state index >= 15 is 0 Å². The third-order valence-corrected chi connectivity index (χ3v) is 2.95. The van der Waals surface area contributed by atoms with Gasteiger partial charge in [0.05, 0.1) is 31.2 Å². The van der Waals surface area contributed by atoms with Gasteiger partial charge in [0.2, 0.25) is 5.43 Å². The maximum atomic E-state index is 12.4. The molecule has 0 aliphatic heterocycles. The zero-order valence-electron chi connectivity index (χ0n) is 12.2. The molecule has 0 atom stereocenters. The standard InChI is InChI=1S/C15H17NO5/c1-4-20-9-6-10-13(12(7-9)19-3)16-8-11(14(10)17)15(18)21-5-2/h6-8H,4-5H2,1-3H3,(H,16,17). The van der Waals surface area contributed by atoms with Crippen LogP contribution in [0.25, 0.3) is 10.9 Å². The number of nitrogens with one attached hydrogen (secondary N) is 1. The molecule has 21 heavy (non-hydrogen) atoms. The molecule has 0 fully saturated rings. The van der Waals surface area contributed by atoms with E-state index in [0.29, 0.717) is 29.0 Å². The molecule has 0 bridgehead atoms. The Labute approximate surface area is 121 Å². The van der Waals surface area contributed by atoms with Crippen LogP contribution < -0.4 is 14.9 Å². The van der Waals surface area contributed by atoms with E-state index in [-0.39, 0.29) is 12.2 Å². The van der Waals surface area contributed by atoms with Gasteiger partial charge in [0, 0.05) is 12.3 Å². The molecule has 1 N–H and O–H groups in total. The Hall–Kier alpha value is -2.50. The zero-order chi connectivity index (χ0) is 15.4. The fraction of sp³-hybridized carbons (Fsp3) is 0.333. The van der Waals surface area contributed by atoms with Crippen LogP contribution >= 0.6 is 0 Å². The number of benzene rings is 1. The van der Waals surface area contributed by atoms with Gasteiger partial charge >= 0.3 is 5.97 Å². The van der Waals surface area contributed by atoms with Gasteiger partial charge in [0.1, 0.15) is 17.1 Å². The van der Waals surface area contributed by atoms with Crippen LogP contribution in [0.3, 0.4) is 0 Å². The minimum Gasteiger partial charge on any atom is -0.494 e. The molecule has 0 saturated heterocycles. The maximum absolute atomic E-state index is 12.4. The molecule has 2 rings (SSSR count). The van der Waals surface area contributed by atoms with Crippen molar-refractivity contribution in [1.29, 1.82) is 0 Å². The number of hydrogen-bond donors (Lipinski definition) is 1. The summed E-state index contributed by atoms with van der Waals surface area (Å²) >= 11 is 0. The van der Waals surface area contributed by atoms with Gasteiger partial charge in [-0.1, -0.05) is 0 Å². The topological polar surface area (TPSA) is 77.6 Å². The summed E-state index contributed by atoms with van der Waals surface area (Å²) in [6, 6.07) is 3.27. The van der Waals surface area contributed by atoms with Crippen molar-refractivity contribution in [3.63, 3.8) is 0 Å². The number of rotatable bonds is 5. The highest BCUT2D eigenvalue weighted by Gasteiger charge is 2.16. The Bertz CT molecular complexity index is 720. The lowest BCUT2D eigenvalue weighted by molar-refractivity contribution is 0.0524. The summed E-state index contributed by atoms with van der Waals surface area (Å²) in [5.41, 5.74) is 0.0566. The minimum absolute atomic E-state index is 0.0416. The Morgan fingerprint density at radius 2 is 2.00 bits per heavy atom. The maximum Gasteiger partial charge on any atom is 0.343 e. The molecule has 0 amide bonds.